The largest absolute Gasteiger partial charge is 0.480 e. The Kier molecular flexibility index (Phi) is 8.76. The summed E-state index contributed by atoms with van der Waals surface area (Å²) in [6.07, 6.45) is 6.38. The normalized spacial score (nSPS) is 14.7. The van der Waals surface area contributed by atoms with Crippen molar-refractivity contribution in [1.29, 1.82) is 0 Å². The molecule has 0 rings (SSSR count). The number of hydrogen-bond acceptors (Lipinski definition) is 3. The second kappa shape index (κ2) is 8.88. The van der Waals surface area contributed by atoms with Crippen molar-refractivity contribution in [3.05, 3.63) is 0 Å². The van der Waals surface area contributed by atoms with E-state index in [1.54, 1.807) is 6.92 Å². The molecule has 0 saturated carbocycles. The lowest BCUT2D eigenvalue weighted by Crippen LogP contribution is -2.32. The Morgan fingerprint density at radius 1 is 1.25 bits per heavy atom. The molecule has 0 aliphatic heterocycles. The van der Waals surface area contributed by atoms with Crippen LogP contribution in [0.25, 0.3) is 0 Å². The van der Waals surface area contributed by atoms with E-state index in [4.69, 9.17) is 10.2 Å². The summed E-state index contributed by atoms with van der Waals surface area (Å²) in [7, 11) is 0. The minimum atomic E-state index is -0.763. The molecule has 0 radical (unpaired) electrons. The van der Waals surface area contributed by atoms with Crippen molar-refractivity contribution in [1.82, 2.24) is 0 Å². The van der Waals surface area contributed by atoms with Crippen LogP contribution in [0.5, 0.6) is 0 Å². The average Bonchev–Trinajstić information content (AvgIpc) is 2.26. The maximum absolute atomic E-state index is 11.1. The van der Waals surface area contributed by atoms with E-state index in [0.717, 1.165) is 12.8 Å². The standard InChI is InChI=1S/C12H24O3S/c1-3-4-5-6-7-8-12(2,11(14)15)16-10-9-13/h13H,3-10H2,1-2H3,(H,14,15). The topological polar surface area (TPSA) is 57.5 Å². The van der Waals surface area contributed by atoms with Crippen molar-refractivity contribution in [3.8, 4) is 0 Å². The van der Waals surface area contributed by atoms with Crippen LogP contribution < -0.4 is 0 Å². The fraction of sp³-hybridized carbons (Fsp3) is 0.917. The Labute approximate surface area is 103 Å². The van der Waals surface area contributed by atoms with Gasteiger partial charge in [-0.3, -0.25) is 4.79 Å². The summed E-state index contributed by atoms with van der Waals surface area (Å²) in [5.41, 5.74) is 0. The van der Waals surface area contributed by atoms with E-state index in [1.165, 1.54) is 31.0 Å². The summed E-state index contributed by atoms with van der Waals surface area (Å²) in [6, 6.07) is 0. The average molecular weight is 248 g/mol. The van der Waals surface area contributed by atoms with E-state index >= 15 is 0 Å². The zero-order valence-electron chi connectivity index (χ0n) is 10.4. The van der Waals surface area contributed by atoms with Crippen LogP contribution in [0.1, 0.15) is 52.4 Å². The molecular formula is C12H24O3S. The van der Waals surface area contributed by atoms with Gasteiger partial charge < -0.3 is 10.2 Å². The lowest BCUT2D eigenvalue weighted by Gasteiger charge is -2.23. The van der Waals surface area contributed by atoms with Crippen molar-refractivity contribution in [2.75, 3.05) is 12.4 Å². The highest BCUT2D eigenvalue weighted by atomic mass is 32.2. The molecule has 0 aromatic rings. The molecule has 2 N–H and O–H groups in total. The molecule has 4 heteroatoms. The Bertz CT molecular complexity index is 197. The highest BCUT2D eigenvalue weighted by Gasteiger charge is 2.32. The van der Waals surface area contributed by atoms with Crippen molar-refractivity contribution in [2.24, 2.45) is 0 Å². The number of carboxylic acids is 1. The third-order valence-corrected chi connectivity index (χ3v) is 4.12. The van der Waals surface area contributed by atoms with Crippen molar-refractivity contribution in [3.63, 3.8) is 0 Å². The van der Waals surface area contributed by atoms with Gasteiger partial charge in [0.05, 0.1) is 6.61 Å². The number of aliphatic hydroxyl groups is 1. The van der Waals surface area contributed by atoms with Gasteiger partial charge in [0.1, 0.15) is 4.75 Å². The molecule has 0 aromatic heterocycles. The minimum Gasteiger partial charge on any atom is -0.480 e. The van der Waals surface area contributed by atoms with Crippen LogP contribution >= 0.6 is 11.8 Å². The maximum Gasteiger partial charge on any atom is 0.319 e. The second-order valence-corrected chi connectivity index (χ2v) is 5.87. The Balaban J connectivity index is 3.88. The molecule has 0 fully saturated rings. The van der Waals surface area contributed by atoms with Crippen molar-refractivity contribution < 1.29 is 15.0 Å². The summed E-state index contributed by atoms with van der Waals surface area (Å²) in [6.45, 7) is 3.97. The lowest BCUT2D eigenvalue weighted by molar-refractivity contribution is -0.139. The van der Waals surface area contributed by atoms with E-state index in [-0.39, 0.29) is 6.61 Å². The summed E-state index contributed by atoms with van der Waals surface area (Å²) in [5, 5.41) is 17.9. The molecule has 0 amide bonds. The number of carboxylic acid groups (broad SMARTS) is 1. The molecule has 0 bridgehead atoms. The first kappa shape index (κ1) is 15.8. The number of aliphatic hydroxyl groups excluding tert-OH is 1. The van der Waals surface area contributed by atoms with Gasteiger partial charge in [0.25, 0.3) is 0 Å². The van der Waals surface area contributed by atoms with E-state index in [9.17, 15) is 4.79 Å². The highest BCUT2D eigenvalue weighted by Crippen LogP contribution is 2.31. The molecular weight excluding hydrogens is 224 g/mol. The van der Waals surface area contributed by atoms with E-state index in [0.29, 0.717) is 12.2 Å². The van der Waals surface area contributed by atoms with Gasteiger partial charge >= 0.3 is 5.97 Å². The molecule has 16 heavy (non-hydrogen) atoms. The fourth-order valence-electron chi connectivity index (χ4n) is 1.58. The van der Waals surface area contributed by atoms with Gasteiger partial charge in [0.15, 0.2) is 0 Å². The monoisotopic (exact) mass is 248 g/mol. The maximum atomic E-state index is 11.1. The predicted octanol–water partition coefficient (Wildman–Crippen LogP) is 2.92. The van der Waals surface area contributed by atoms with Crippen LogP contribution in [-0.2, 0) is 4.79 Å². The van der Waals surface area contributed by atoms with Crippen molar-refractivity contribution >= 4 is 17.7 Å². The van der Waals surface area contributed by atoms with E-state index in [2.05, 4.69) is 6.92 Å². The molecule has 0 heterocycles. The molecule has 0 saturated heterocycles. The van der Waals surface area contributed by atoms with E-state index < -0.39 is 10.7 Å². The number of carbonyl (C=O) groups is 1. The summed E-state index contributed by atoms with van der Waals surface area (Å²) in [5.74, 6) is -0.265. The zero-order chi connectivity index (χ0) is 12.4. The van der Waals surface area contributed by atoms with Gasteiger partial charge in [-0.2, -0.15) is 0 Å². The number of thioether (sulfide) groups is 1. The van der Waals surface area contributed by atoms with Gasteiger partial charge in [-0.05, 0) is 13.3 Å². The summed E-state index contributed by atoms with van der Waals surface area (Å²) in [4.78, 5) is 11.1. The zero-order valence-corrected chi connectivity index (χ0v) is 11.2. The Hall–Kier alpha value is -0.220. The molecule has 1 unspecified atom stereocenters. The number of aliphatic carboxylic acids is 1. The summed E-state index contributed by atoms with van der Waals surface area (Å²) >= 11 is 1.35. The number of hydrogen-bond donors (Lipinski definition) is 2. The molecule has 96 valence electrons. The fourth-order valence-corrected chi connectivity index (χ4v) is 2.53. The smallest absolute Gasteiger partial charge is 0.319 e. The third kappa shape index (κ3) is 6.38. The third-order valence-electron chi connectivity index (χ3n) is 2.72. The van der Waals surface area contributed by atoms with Gasteiger partial charge in [-0.15, -0.1) is 11.8 Å². The lowest BCUT2D eigenvalue weighted by atomic mass is 10.0. The van der Waals surface area contributed by atoms with Crippen LogP contribution in [0, 0.1) is 0 Å². The Morgan fingerprint density at radius 2 is 1.88 bits per heavy atom. The van der Waals surface area contributed by atoms with Crippen LogP contribution in [0.2, 0.25) is 0 Å². The molecule has 0 aliphatic carbocycles. The van der Waals surface area contributed by atoms with Crippen LogP contribution in [-0.4, -0.2) is 33.3 Å². The predicted molar refractivity (Wildman–Crippen MR) is 69.0 cm³/mol. The SMILES string of the molecule is CCCCCCCC(C)(SCCO)C(=O)O. The van der Waals surface area contributed by atoms with Crippen LogP contribution in [0.15, 0.2) is 0 Å². The highest BCUT2D eigenvalue weighted by molar-refractivity contribution is 8.01. The van der Waals surface area contributed by atoms with Crippen LogP contribution in [0.4, 0.5) is 0 Å². The van der Waals surface area contributed by atoms with Gasteiger partial charge in [-0.1, -0.05) is 39.0 Å². The first-order chi connectivity index (χ1) is 7.56. The van der Waals surface area contributed by atoms with Gasteiger partial charge in [0, 0.05) is 5.75 Å². The van der Waals surface area contributed by atoms with Gasteiger partial charge in [-0.25, -0.2) is 0 Å². The quantitative estimate of drug-likeness (QED) is 0.584. The molecule has 0 aromatic carbocycles. The first-order valence-electron chi connectivity index (χ1n) is 6.05. The number of unbranched alkanes of at least 4 members (excludes halogenated alkanes) is 4. The second-order valence-electron chi connectivity index (χ2n) is 4.27. The molecule has 1 atom stereocenters. The molecule has 3 nitrogen and oxygen atoms in total. The minimum absolute atomic E-state index is 0.0450. The Morgan fingerprint density at radius 3 is 2.38 bits per heavy atom. The van der Waals surface area contributed by atoms with Crippen LogP contribution in [0.3, 0.4) is 0 Å². The molecule has 0 spiro atoms. The van der Waals surface area contributed by atoms with E-state index in [1.807, 2.05) is 0 Å². The van der Waals surface area contributed by atoms with Crippen molar-refractivity contribution in [2.45, 2.75) is 57.1 Å². The molecule has 0 aliphatic rings. The summed E-state index contributed by atoms with van der Waals surface area (Å²) < 4.78 is -0.727. The number of rotatable bonds is 10. The first-order valence-corrected chi connectivity index (χ1v) is 7.03. The van der Waals surface area contributed by atoms with Gasteiger partial charge in [0.2, 0.25) is 0 Å².